The minimum absolute atomic E-state index is 0.199. The minimum atomic E-state index is -0.699. The van der Waals surface area contributed by atoms with Crippen molar-refractivity contribution in [3.63, 3.8) is 0 Å². The molecule has 5 heteroatoms. The highest BCUT2D eigenvalue weighted by molar-refractivity contribution is 5.70. The highest BCUT2D eigenvalue weighted by Crippen LogP contribution is 2.16. The van der Waals surface area contributed by atoms with Crippen LogP contribution in [0.1, 0.15) is 19.8 Å². The van der Waals surface area contributed by atoms with E-state index >= 15 is 0 Å². The molecule has 0 saturated carbocycles. The molecule has 0 amide bonds. The van der Waals surface area contributed by atoms with Crippen LogP contribution in [0.2, 0.25) is 0 Å². The van der Waals surface area contributed by atoms with Crippen LogP contribution < -0.4 is 0 Å². The van der Waals surface area contributed by atoms with Crippen molar-refractivity contribution in [1.29, 1.82) is 0 Å². The van der Waals surface area contributed by atoms with Gasteiger partial charge in [-0.05, 0) is 25.9 Å². The predicted octanol–water partition coefficient (Wildman–Crippen LogP) is 0.346. The van der Waals surface area contributed by atoms with Crippen molar-refractivity contribution in [2.45, 2.75) is 19.8 Å². The molecule has 0 radical (unpaired) electrons. The Labute approximate surface area is 89.0 Å². The van der Waals surface area contributed by atoms with Crippen molar-refractivity contribution >= 4 is 11.9 Å². The monoisotopic (exact) mass is 215 g/mol. The van der Waals surface area contributed by atoms with Crippen molar-refractivity contribution in [3.05, 3.63) is 0 Å². The van der Waals surface area contributed by atoms with Gasteiger partial charge in [-0.25, -0.2) is 0 Å². The Morgan fingerprint density at radius 3 is 2.47 bits per heavy atom. The molecular formula is C10H17NO4. The van der Waals surface area contributed by atoms with Crippen LogP contribution in [-0.2, 0) is 14.3 Å². The number of aliphatic carboxylic acids is 1. The molecule has 0 aromatic carbocycles. The number of rotatable bonds is 4. The number of carbonyl (C=O) groups is 2. The lowest BCUT2D eigenvalue weighted by Gasteiger charge is -2.29. The lowest BCUT2D eigenvalue weighted by atomic mass is 9.97. The lowest BCUT2D eigenvalue weighted by Crippen LogP contribution is -2.38. The van der Waals surface area contributed by atoms with Crippen LogP contribution in [0, 0.1) is 5.92 Å². The fourth-order valence-corrected chi connectivity index (χ4v) is 1.72. The first kappa shape index (κ1) is 12.0. The number of piperidine rings is 1. The quantitative estimate of drug-likeness (QED) is 0.685. The number of esters is 1. The maximum Gasteiger partial charge on any atom is 0.306 e. The van der Waals surface area contributed by atoms with Gasteiger partial charge < -0.3 is 9.84 Å². The van der Waals surface area contributed by atoms with E-state index in [1.807, 2.05) is 0 Å². The van der Waals surface area contributed by atoms with E-state index in [1.54, 1.807) is 0 Å². The van der Waals surface area contributed by atoms with Gasteiger partial charge in [-0.3, -0.25) is 14.5 Å². The maximum absolute atomic E-state index is 10.7. The summed E-state index contributed by atoms with van der Waals surface area (Å²) >= 11 is 0. The van der Waals surface area contributed by atoms with Gasteiger partial charge in [0.1, 0.15) is 6.61 Å². The Morgan fingerprint density at radius 2 is 2.00 bits per heavy atom. The Balaban J connectivity index is 2.14. The molecule has 86 valence electrons. The molecule has 0 unspecified atom stereocenters. The third kappa shape index (κ3) is 4.29. The summed E-state index contributed by atoms with van der Waals surface area (Å²) < 4.78 is 4.82. The fraction of sp³-hybridized carbons (Fsp3) is 0.800. The highest BCUT2D eigenvalue weighted by Gasteiger charge is 2.23. The van der Waals surface area contributed by atoms with Crippen molar-refractivity contribution in [3.8, 4) is 0 Å². The third-order valence-corrected chi connectivity index (χ3v) is 2.65. The molecule has 1 N–H and O–H groups in total. The number of carbonyl (C=O) groups excluding carboxylic acids is 1. The van der Waals surface area contributed by atoms with Crippen molar-refractivity contribution < 1.29 is 19.4 Å². The smallest absolute Gasteiger partial charge is 0.306 e. The van der Waals surface area contributed by atoms with Crippen LogP contribution in [-0.4, -0.2) is 48.2 Å². The number of carboxylic acid groups (broad SMARTS) is 1. The Hall–Kier alpha value is -1.10. The minimum Gasteiger partial charge on any atom is -0.481 e. The summed E-state index contributed by atoms with van der Waals surface area (Å²) in [5.74, 6) is -1.17. The fourth-order valence-electron chi connectivity index (χ4n) is 1.72. The van der Waals surface area contributed by atoms with E-state index in [9.17, 15) is 9.59 Å². The second-order valence-corrected chi connectivity index (χ2v) is 3.79. The molecule has 1 rings (SSSR count). The van der Waals surface area contributed by atoms with Gasteiger partial charge in [-0.1, -0.05) is 0 Å². The van der Waals surface area contributed by atoms with E-state index in [4.69, 9.17) is 9.84 Å². The molecule has 1 fully saturated rings. The largest absolute Gasteiger partial charge is 0.481 e. The van der Waals surface area contributed by atoms with Crippen LogP contribution in [0.4, 0.5) is 0 Å². The molecule has 1 heterocycles. The standard InChI is InChI=1S/C10H17NO4/c1-8(12)15-7-6-11-4-2-9(3-5-11)10(13)14/h9H,2-7H2,1H3,(H,13,14). The Kier molecular flexibility index (Phi) is 4.55. The summed E-state index contributed by atoms with van der Waals surface area (Å²) in [6, 6.07) is 0. The number of likely N-dealkylation sites (tertiary alicyclic amines) is 1. The maximum atomic E-state index is 10.7. The molecule has 0 atom stereocenters. The number of carboxylic acids is 1. The van der Waals surface area contributed by atoms with Gasteiger partial charge in [-0.2, -0.15) is 0 Å². The summed E-state index contributed by atoms with van der Waals surface area (Å²) in [6.07, 6.45) is 1.38. The van der Waals surface area contributed by atoms with Crippen molar-refractivity contribution in [2.75, 3.05) is 26.2 Å². The van der Waals surface area contributed by atoms with E-state index in [0.29, 0.717) is 26.0 Å². The molecule has 1 saturated heterocycles. The van der Waals surface area contributed by atoms with Crippen molar-refractivity contribution in [2.24, 2.45) is 5.92 Å². The average Bonchev–Trinajstić information content (AvgIpc) is 2.18. The number of nitrogens with zero attached hydrogens (tertiary/aromatic N) is 1. The molecule has 0 aromatic rings. The molecule has 0 aliphatic carbocycles. The van der Waals surface area contributed by atoms with Crippen LogP contribution in [0.5, 0.6) is 0 Å². The van der Waals surface area contributed by atoms with Gasteiger partial charge in [0.05, 0.1) is 5.92 Å². The van der Waals surface area contributed by atoms with Crippen LogP contribution in [0.3, 0.4) is 0 Å². The van der Waals surface area contributed by atoms with Gasteiger partial charge in [0, 0.05) is 13.5 Å². The Bertz CT molecular complexity index is 231. The second-order valence-electron chi connectivity index (χ2n) is 3.79. The average molecular weight is 215 g/mol. The summed E-state index contributed by atoms with van der Waals surface area (Å²) in [6.45, 7) is 4.03. The highest BCUT2D eigenvalue weighted by atomic mass is 16.5. The third-order valence-electron chi connectivity index (χ3n) is 2.65. The van der Waals surface area contributed by atoms with Gasteiger partial charge in [0.2, 0.25) is 0 Å². The first-order valence-corrected chi connectivity index (χ1v) is 5.18. The zero-order valence-corrected chi connectivity index (χ0v) is 8.94. The first-order chi connectivity index (χ1) is 7.09. The predicted molar refractivity (Wildman–Crippen MR) is 53.4 cm³/mol. The van der Waals surface area contributed by atoms with Gasteiger partial charge >= 0.3 is 11.9 Å². The van der Waals surface area contributed by atoms with Gasteiger partial charge in [0.15, 0.2) is 0 Å². The number of hydrogen-bond acceptors (Lipinski definition) is 4. The summed E-state index contributed by atoms with van der Waals surface area (Å²) in [5.41, 5.74) is 0. The van der Waals surface area contributed by atoms with E-state index < -0.39 is 5.97 Å². The summed E-state index contributed by atoms with van der Waals surface area (Å²) in [4.78, 5) is 23.3. The van der Waals surface area contributed by atoms with E-state index in [0.717, 1.165) is 13.1 Å². The molecule has 5 nitrogen and oxygen atoms in total. The van der Waals surface area contributed by atoms with Gasteiger partial charge in [-0.15, -0.1) is 0 Å². The molecule has 0 aromatic heterocycles. The van der Waals surface area contributed by atoms with Crippen molar-refractivity contribution in [1.82, 2.24) is 4.90 Å². The molecule has 0 bridgehead atoms. The van der Waals surface area contributed by atoms with Crippen LogP contribution in [0.15, 0.2) is 0 Å². The van der Waals surface area contributed by atoms with Gasteiger partial charge in [0.25, 0.3) is 0 Å². The molecular weight excluding hydrogens is 198 g/mol. The lowest BCUT2D eigenvalue weighted by molar-refractivity contribution is -0.143. The molecule has 15 heavy (non-hydrogen) atoms. The molecule has 0 spiro atoms. The van der Waals surface area contributed by atoms with Crippen LogP contribution >= 0.6 is 0 Å². The summed E-state index contributed by atoms with van der Waals surface area (Å²) in [7, 11) is 0. The number of hydrogen-bond donors (Lipinski definition) is 1. The topological polar surface area (TPSA) is 66.8 Å². The van der Waals surface area contributed by atoms with E-state index in [2.05, 4.69) is 4.90 Å². The zero-order valence-electron chi connectivity index (χ0n) is 8.94. The summed E-state index contributed by atoms with van der Waals surface area (Å²) in [5, 5.41) is 8.79. The molecule has 1 aliphatic rings. The normalized spacial score (nSPS) is 18.7. The SMILES string of the molecule is CC(=O)OCCN1CCC(C(=O)O)CC1. The first-order valence-electron chi connectivity index (χ1n) is 5.18. The molecule has 1 aliphatic heterocycles. The number of ether oxygens (including phenoxy) is 1. The van der Waals surface area contributed by atoms with E-state index in [1.165, 1.54) is 6.92 Å². The van der Waals surface area contributed by atoms with E-state index in [-0.39, 0.29) is 11.9 Å². The van der Waals surface area contributed by atoms with Crippen LogP contribution in [0.25, 0.3) is 0 Å². The zero-order chi connectivity index (χ0) is 11.3. The Morgan fingerprint density at radius 1 is 1.40 bits per heavy atom. The second kappa shape index (κ2) is 5.70.